The van der Waals surface area contributed by atoms with Gasteiger partial charge in [0.05, 0.1) is 20.1 Å². The van der Waals surface area contributed by atoms with Gasteiger partial charge >= 0.3 is 5.97 Å². The molecule has 5 heteroatoms. The minimum absolute atomic E-state index is 0.0967. The lowest BCUT2D eigenvalue weighted by atomic mass is 10.1. The lowest BCUT2D eigenvalue weighted by Crippen LogP contribution is -2.14. The summed E-state index contributed by atoms with van der Waals surface area (Å²) in [6, 6.07) is 7.37. The summed E-state index contributed by atoms with van der Waals surface area (Å²) in [7, 11) is 1.45. The fourth-order valence-corrected chi connectivity index (χ4v) is 3.26. The molecule has 1 aliphatic carbocycles. The Hall–Kier alpha value is -0.870. The third-order valence-corrected chi connectivity index (χ3v) is 4.95. The Morgan fingerprint density at radius 2 is 2.05 bits per heavy atom. The van der Waals surface area contributed by atoms with E-state index in [4.69, 9.17) is 21.1 Å². The zero-order valence-electron chi connectivity index (χ0n) is 11.6. The second-order valence-electron chi connectivity index (χ2n) is 5.11. The summed E-state index contributed by atoms with van der Waals surface area (Å²) < 4.78 is 10.4. The van der Waals surface area contributed by atoms with Gasteiger partial charge in [0.15, 0.2) is 0 Å². The Kier molecular flexibility index (Phi) is 5.61. The maximum absolute atomic E-state index is 11.3. The molecule has 0 heterocycles. The second-order valence-corrected chi connectivity index (χ2v) is 6.65. The first-order chi connectivity index (χ1) is 9.63. The van der Waals surface area contributed by atoms with E-state index in [0.717, 1.165) is 30.1 Å². The molecule has 1 aromatic rings. The van der Waals surface area contributed by atoms with Gasteiger partial charge in [0.25, 0.3) is 0 Å². The zero-order chi connectivity index (χ0) is 14.4. The van der Waals surface area contributed by atoms with Crippen molar-refractivity contribution in [1.29, 1.82) is 0 Å². The van der Waals surface area contributed by atoms with Crippen molar-refractivity contribution >= 4 is 29.3 Å². The van der Waals surface area contributed by atoms with Crippen LogP contribution in [-0.2, 0) is 9.53 Å². The topological polar surface area (TPSA) is 35.5 Å². The first-order valence-electron chi connectivity index (χ1n) is 6.66. The Labute approximate surface area is 129 Å². The highest BCUT2D eigenvalue weighted by molar-refractivity contribution is 7.99. The third-order valence-electron chi connectivity index (χ3n) is 3.42. The molecule has 1 aliphatic rings. The summed E-state index contributed by atoms with van der Waals surface area (Å²) in [6.45, 7) is 0.667. The van der Waals surface area contributed by atoms with E-state index in [0.29, 0.717) is 18.1 Å². The highest BCUT2D eigenvalue weighted by Crippen LogP contribution is 2.51. The van der Waals surface area contributed by atoms with Gasteiger partial charge in [-0.25, -0.2) is 0 Å². The predicted molar refractivity (Wildman–Crippen MR) is 82.6 cm³/mol. The Morgan fingerprint density at radius 1 is 1.35 bits per heavy atom. The number of carbonyl (C=O) groups excluding carboxylic acids is 1. The van der Waals surface area contributed by atoms with Crippen molar-refractivity contribution in [2.24, 2.45) is 5.41 Å². The zero-order valence-corrected chi connectivity index (χ0v) is 13.1. The van der Waals surface area contributed by atoms with E-state index < -0.39 is 0 Å². The molecule has 0 spiro atoms. The number of thioether (sulfide) groups is 1. The molecule has 0 saturated heterocycles. The van der Waals surface area contributed by atoms with Crippen molar-refractivity contribution in [2.45, 2.75) is 19.3 Å². The molecule has 0 radical (unpaired) electrons. The molecule has 0 aliphatic heterocycles. The molecule has 3 nitrogen and oxygen atoms in total. The van der Waals surface area contributed by atoms with E-state index in [-0.39, 0.29) is 11.4 Å². The summed E-state index contributed by atoms with van der Waals surface area (Å²) >= 11 is 7.65. The average Bonchev–Trinajstić information content (AvgIpc) is 3.20. The molecule has 0 amide bonds. The number of rotatable bonds is 8. The number of carbonyl (C=O) groups is 1. The summed E-state index contributed by atoms with van der Waals surface area (Å²) in [5, 5.41) is 0.713. The molecule has 0 aromatic heterocycles. The van der Waals surface area contributed by atoms with Crippen molar-refractivity contribution in [3.05, 3.63) is 29.3 Å². The van der Waals surface area contributed by atoms with Gasteiger partial charge < -0.3 is 9.47 Å². The standard InChI is InChI=1S/C15H19ClO3S/c1-18-14(17)10-15(6-7-15)11-20-9-8-19-13-4-2-12(16)3-5-13/h2-5H,6-11H2,1H3. The van der Waals surface area contributed by atoms with E-state index in [2.05, 4.69) is 0 Å². The summed E-state index contributed by atoms with van der Waals surface area (Å²) in [4.78, 5) is 11.3. The molecular formula is C15H19ClO3S. The van der Waals surface area contributed by atoms with Crippen LogP contribution in [0.3, 0.4) is 0 Å². The second kappa shape index (κ2) is 7.23. The molecular weight excluding hydrogens is 296 g/mol. The number of hydrogen-bond donors (Lipinski definition) is 0. The highest BCUT2D eigenvalue weighted by Gasteiger charge is 2.44. The van der Waals surface area contributed by atoms with Gasteiger partial charge in [-0.05, 0) is 48.3 Å². The van der Waals surface area contributed by atoms with Gasteiger partial charge in [0, 0.05) is 10.8 Å². The van der Waals surface area contributed by atoms with Gasteiger partial charge in [-0.3, -0.25) is 4.79 Å². The van der Waals surface area contributed by atoms with E-state index in [1.54, 1.807) is 0 Å². The van der Waals surface area contributed by atoms with Gasteiger partial charge in [-0.15, -0.1) is 0 Å². The highest BCUT2D eigenvalue weighted by atomic mass is 35.5. The number of ether oxygens (including phenoxy) is 2. The van der Waals surface area contributed by atoms with Crippen LogP contribution in [0.2, 0.25) is 5.02 Å². The first kappa shape index (κ1) is 15.5. The van der Waals surface area contributed by atoms with Crippen LogP contribution in [0.15, 0.2) is 24.3 Å². The third kappa shape index (κ3) is 4.91. The molecule has 2 rings (SSSR count). The predicted octanol–water partition coefficient (Wildman–Crippen LogP) is 3.80. The van der Waals surface area contributed by atoms with E-state index >= 15 is 0 Å². The number of esters is 1. The van der Waals surface area contributed by atoms with Crippen molar-refractivity contribution in [3.63, 3.8) is 0 Å². The molecule has 1 saturated carbocycles. The monoisotopic (exact) mass is 314 g/mol. The van der Waals surface area contributed by atoms with Crippen LogP contribution < -0.4 is 4.74 Å². The van der Waals surface area contributed by atoms with E-state index in [1.807, 2.05) is 36.0 Å². The molecule has 1 fully saturated rings. The lowest BCUT2D eigenvalue weighted by Gasteiger charge is -2.13. The van der Waals surface area contributed by atoms with Crippen molar-refractivity contribution in [1.82, 2.24) is 0 Å². The SMILES string of the molecule is COC(=O)CC1(CSCCOc2ccc(Cl)cc2)CC1. The lowest BCUT2D eigenvalue weighted by molar-refractivity contribution is -0.141. The quantitative estimate of drug-likeness (QED) is 0.540. The fraction of sp³-hybridized carbons (Fsp3) is 0.533. The molecule has 1 aromatic carbocycles. The average molecular weight is 315 g/mol. The van der Waals surface area contributed by atoms with Gasteiger partial charge in [-0.1, -0.05) is 11.6 Å². The molecule has 110 valence electrons. The maximum Gasteiger partial charge on any atom is 0.306 e. The molecule has 0 bridgehead atoms. The molecule has 0 N–H and O–H groups in total. The van der Waals surface area contributed by atoms with Crippen molar-refractivity contribution in [3.8, 4) is 5.75 Å². The first-order valence-corrected chi connectivity index (χ1v) is 8.20. The Balaban J connectivity index is 1.60. The van der Waals surface area contributed by atoms with Crippen LogP contribution in [0.1, 0.15) is 19.3 Å². The van der Waals surface area contributed by atoms with Gasteiger partial charge in [0.1, 0.15) is 5.75 Å². The van der Waals surface area contributed by atoms with Crippen molar-refractivity contribution < 1.29 is 14.3 Å². The van der Waals surface area contributed by atoms with Crippen LogP contribution in [-0.4, -0.2) is 31.2 Å². The van der Waals surface area contributed by atoms with Crippen LogP contribution in [0.4, 0.5) is 0 Å². The summed E-state index contributed by atoms with van der Waals surface area (Å²) in [5.41, 5.74) is 0.192. The number of methoxy groups -OCH3 is 1. The van der Waals surface area contributed by atoms with Crippen LogP contribution in [0.5, 0.6) is 5.75 Å². The summed E-state index contributed by atoms with van der Waals surface area (Å²) in [5.74, 6) is 2.67. The molecule has 0 unspecified atom stereocenters. The van der Waals surface area contributed by atoms with Crippen LogP contribution in [0.25, 0.3) is 0 Å². The van der Waals surface area contributed by atoms with Gasteiger partial charge in [-0.2, -0.15) is 11.8 Å². The largest absolute Gasteiger partial charge is 0.493 e. The Bertz CT molecular complexity index is 443. The minimum Gasteiger partial charge on any atom is -0.493 e. The smallest absolute Gasteiger partial charge is 0.306 e. The number of halogens is 1. The van der Waals surface area contributed by atoms with Crippen molar-refractivity contribution in [2.75, 3.05) is 25.2 Å². The number of benzene rings is 1. The maximum atomic E-state index is 11.3. The van der Waals surface area contributed by atoms with E-state index in [1.165, 1.54) is 7.11 Å². The fourth-order valence-electron chi connectivity index (χ4n) is 1.97. The minimum atomic E-state index is -0.0967. The summed E-state index contributed by atoms with van der Waals surface area (Å²) in [6.07, 6.45) is 2.81. The Morgan fingerprint density at radius 3 is 2.65 bits per heavy atom. The van der Waals surface area contributed by atoms with E-state index in [9.17, 15) is 4.79 Å². The normalized spacial score (nSPS) is 15.7. The molecule has 0 atom stereocenters. The van der Waals surface area contributed by atoms with Crippen LogP contribution >= 0.6 is 23.4 Å². The van der Waals surface area contributed by atoms with Gasteiger partial charge in [0.2, 0.25) is 0 Å². The molecule has 20 heavy (non-hydrogen) atoms. The van der Waals surface area contributed by atoms with Crippen LogP contribution in [0, 0.1) is 5.41 Å². The number of hydrogen-bond acceptors (Lipinski definition) is 4.